The smallest absolute Gasteiger partial charge is 0.238 e. The van der Waals surface area contributed by atoms with Crippen LogP contribution in [0.3, 0.4) is 0 Å². The molecule has 0 aliphatic heterocycles. The SMILES string of the molecule is O=C(CC(c1ccc(F)cc1)C(C(=O)Nc1ccccn1)C(=O)Nc1ccccn1)c1ccccc1. The number of hydrogen-bond donors (Lipinski definition) is 2. The zero-order valence-electron chi connectivity index (χ0n) is 19.2. The number of nitrogens with zero attached hydrogens (tertiary/aromatic N) is 2. The first-order chi connectivity index (χ1) is 17.5. The van der Waals surface area contributed by atoms with E-state index >= 15 is 0 Å². The first-order valence-corrected chi connectivity index (χ1v) is 11.3. The number of ketones is 1. The quantitative estimate of drug-likeness (QED) is 0.262. The summed E-state index contributed by atoms with van der Waals surface area (Å²) < 4.78 is 13.7. The van der Waals surface area contributed by atoms with E-state index in [2.05, 4.69) is 20.6 Å². The average molecular weight is 483 g/mol. The second-order valence-electron chi connectivity index (χ2n) is 8.04. The van der Waals surface area contributed by atoms with Gasteiger partial charge in [-0.3, -0.25) is 14.4 Å². The molecule has 0 saturated carbocycles. The molecule has 8 heteroatoms. The van der Waals surface area contributed by atoms with Crippen LogP contribution < -0.4 is 10.6 Å². The molecule has 0 bridgehead atoms. The summed E-state index contributed by atoms with van der Waals surface area (Å²) >= 11 is 0. The Bertz CT molecular complexity index is 1260. The first kappa shape index (κ1) is 24.4. The van der Waals surface area contributed by atoms with Gasteiger partial charge >= 0.3 is 0 Å². The minimum atomic E-state index is -1.35. The summed E-state index contributed by atoms with van der Waals surface area (Å²) in [6, 6.07) is 24.0. The summed E-state index contributed by atoms with van der Waals surface area (Å²) in [6.45, 7) is 0. The van der Waals surface area contributed by atoms with Crippen molar-refractivity contribution in [3.8, 4) is 0 Å². The normalized spacial score (nSPS) is 11.5. The summed E-state index contributed by atoms with van der Waals surface area (Å²) in [5.41, 5.74) is 0.914. The Morgan fingerprint density at radius 1 is 0.694 bits per heavy atom. The molecule has 0 aliphatic rings. The van der Waals surface area contributed by atoms with E-state index in [9.17, 15) is 18.8 Å². The number of anilines is 2. The summed E-state index contributed by atoms with van der Waals surface area (Å²) in [5, 5.41) is 5.33. The van der Waals surface area contributed by atoms with E-state index in [0.29, 0.717) is 11.1 Å². The van der Waals surface area contributed by atoms with Crippen LogP contribution in [-0.2, 0) is 9.59 Å². The Balaban J connectivity index is 1.73. The number of rotatable bonds is 9. The van der Waals surface area contributed by atoms with Gasteiger partial charge in [-0.25, -0.2) is 14.4 Å². The van der Waals surface area contributed by atoms with Crippen molar-refractivity contribution in [2.24, 2.45) is 5.92 Å². The summed E-state index contributed by atoms with van der Waals surface area (Å²) in [6.07, 6.45) is 2.86. The number of aromatic nitrogens is 2. The third-order valence-electron chi connectivity index (χ3n) is 5.60. The lowest BCUT2D eigenvalue weighted by Crippen LogP contribution is -2.39. The van der Waals surface area contributed by atoms with E-state index in [4.69, 9.17) is 0 Å². The lowest BCUT2D eigenvalue weighted by Gasteiger charge is -2.26. The van der Waals surface area contributed by atoms with E-state index in [0.717, 1.165) is 0 Å². The molecule has 7 nitrogen and oxygen atoms in total. The van der Waals surface area contributed by atoms with Crippen LogP contribution in [0.5, 0.6) is 0 Å². The predicted molar refractivity (Wildman–Crippen MR) is 134 cm³/mol. The predicted octanol–water partition coefficient (Wildman–Crippen LogP) is 4.87. The Labute approximate surface area is 207 Å². The van der Waals surface area contributed by atoms with Crippen molar-refractivity contribution < 1.29 is 18.8 Å². The van der Waals surface area contributed by atoms with Crippen molar-refractivity contribution in [2.75, 3.05) is 10.6 Å². The van der Waals surface area contributed by atoms with Crippen molar-refractivity contribution in [1.82, 2.24) is 9.97 Å². The molecule has 0 spiro atoms. The van der Waals surface area contributed by atoms with Gasteiger partial charge in [0.2, 0.25) is 11.8 Å². The van der Waals surface area contributed by atoms with Gasteiger partial charge in [-0.2, -0.15) is 0 Å². The van der Waals surface area contributed by atoms with Crippen molar-refractivity contribution in [2.45, 2.75) is 12.3 Å². The van der Waals surface area contributed by atoms with Crippen LogP contribution in [0.1, 0.15) is 28.3 Å². The summed E-state index contributed by atoms with van der Waals surface area (Å²) in [4.78, 5) is 48.5. The zero-order chi connectivity index (χ0) is 25.3. The highest BCUT2D eigenvalue weighted by Gasteiger charge is 2.38. The molecule has 2 aromatic heterocycles. The van der Waals surface area contributed by atoms with E-state index in [1.165, 1.54) is 36.7 Å². The Kier molecular flexibility index (Phi) is 7.87. The number of carbonyl (C=O) groups is 3. The molecule has 180 valence electrons. The first-order valence-electron chi connectivity index (χ1n) is 11.3. The molecule has 2 N–H and O–H groups in total. The lowest BCUT2D eigenvalue weighted by molar-refractivity contribution is -0.130. The van der Waals surface area contributed by atoms with E-state index in [1.54, 1.807) is 66.7 Å². The van der Waals surface area contributed by atoms with E-state index in [-0.39, 0.29) is 23.8 Å². The monoisotopic (exact) mass is 482 g/mol. The highest BCUT2D eigenvalue weighted by Crippen LogP contribution is 2.32. The fourth-order valence-corrected chi connectivity index (χ4v) is 3.85. The third-order valence-corrected chi connectivity index (χ3v) is 5.60. The number of nitrogens with one attached hydrogen (secondary N) is 2. The number of benzene rings is 2. The molecule has 1 atom stereocenters. The molecule has 0 saturated heterocycles. The summed E-state index contributed by atoms with van der Waals surface area (Å²) in [7, 11) is 0. The number of amides is 2. The van der Waals surface area contributed by atoms with Gasteiger partial charge in [0.15, 0.2) is 5.78 Å². The van der Waals surface area contributed by atoms with Crippen LogP contribution in [-0.4, -0.2) is 27.6 Å². The van der Waals surface area contributed by atoms with Gasteiger partial charge in [-0.15, -0.1) is 0 Å². The van der Waals surface area contributed by atoms with Crippen LogP contribution in [0.4, 0.5) is 16.0 Å². The number of halogens is 1. The number of Topliss-reactive ketones (excluding diaryl/α,β-unsaturated/α-hetero) is 1. The van der Waals surface area contributed by atoms with Crippen molar-refractivity contribution >= 4 is 29.2 Å². The largest absolute Gasteiger partial charge is 0.310 e. The van der Waals surface area contributed by atoms with Gasteiger partial charge in [0.25, 0.3) is 0 Å². The standard InChI is InChI=1S/C28H23FN4O3/c29-21-14-12-19(13-15-21)22(18-23(34)20-8-2-1-3-9-20)26(27(35)32-24-10-4-6-16-30-24)28(36)33-25-11-5-7-17-31-25/h1-17,22,26H,18H2,(H,30,32,35)(H,31,33,36). The number of pyridine rings is 2. The van der Waals surface area contributed by atoms with Crippen molar-refractivity contribution in [1.29, 1.82) is 0 Å². The maximum Gasteiger partial charge on any atom is 0.238 e. The number of carbonyl (C=O) groups excluding carboxylic acids is 3. The third kappa shape index (κ3) is 6.24. The van der Waals surface area contributed by atoms with Gasteiger partial charge in [0, 0.05) is 30.3 Å². The van der Waals surface area contributed by atoms with Gasteiger partial charge in [-0.1, -0.05) is 54.6 Å². The Morgan fingerprint density at radius 2 is 1.22 bits per heavy atom. The van der Waals surface area contributed by atoms with Crippen molar-refractivity contribution in [3.63, 3.8) is 0 Å². The average Bonchev–Trinajstić information content (AvgIpc) is 2.90. The Hall–Kier alpha value is -4.72. The van der Waals surface area contributed by atoms with Crippen LogP contribution in [0.25, 0.3) is 0 Å². The maximum absolute atomic E-state index is 13.7. The Morgan fingerprint density at radius 3 is 1.72 bits per heavy atom. The maximum atomic E-state index is 13.7. The fourth-order valence-electron chi connectivity index (χ4n) is 3.85. The van der Waals surface area contributed by atoms with Crippen LogP contribution in [0.15, 0.2) is 103 Å². The molecule has 2 heterocycles. The van der Waals surface area contributed by atoms with Crippen LogP contribution >= 0.6 is 0 Å². The molecule has 2 aromatic carbocycles. The molecule has 0 radical (unpaired) electrons. The molecule has 0 fully saturated rings. The molecule has 1 unspecified atom stereocenters. The molecule has 0 aliphatic carbocycles. The lowest BCUT2D eigenvalue weighted by atomic mass is 9.80. The van der Waals surface area contributed by atoms with Crippen molar-refractivity contribution in [3.05, 3.63) is 120 Å². The van der Waals surface area contributed by atoms with Gasteiger partial charge in [-0.05, 0) is 42.0 Å². The van der Waals surface area contributed by atoms with Gasteiger partial charge in [0.1, 0.15) is 23.4 Å². The van der Waals surface area contributed by atoms with Gasteiger partial charge < -0.3 is 10.6 Å². The molecule has 4 rings (SSSR count). The topological polar surface area (TPSA) is 101 Å². The molecular formula is C28H23FN4O3. The summed E-state index contributed by atoms with van der Waals surface area (Å²) in [5.74, 6) is -3.78. The highest BCUT2D eigenvalue weighted by molar-refractivity contribution is 6.11. The molecule has 4 aromatic rings. The van der Waals surface area contributed by atoms with Gasteiger partial charge in [0.05, 0.1) is 0 Å². The van der Waals surface area contributed by atoms with Crippen LogP contribution in [0, 0.1) is 11.7 Å². The molecule has 2 amide bonds. The van der Waals surface area contributed by atoms with E-state index < -0.39 is 29.5 Å². The second kappa shape index (κ2) is 11.6. The second-order valence-corrected chi connectivity index (χ2v) is 8.04. The fraction of sp³-hybridized carbons (Fsp3) is 0.107. The zero-order valence-corrected chi connectivity index (χ0v) is 19.2. The number of hydrogen-bond acceptors (Lipinski definition) is 5. The molecular weight excluding hydrogens is 459 g/mol. The van der Waals surface area contributed by atoms with E-state index in [1.807, 2.05) is 0 Å². The minimum absolute atomic E-state index is 0.161. The minimum Gasteiger partial charge on any atom is -0.310 e. The highest BCUT2D eigenvalue weighted by atomic mass is 19.1. The molecule has 36 heavy (non-hydrogen) atoms. The van der Waals surface area contributed by atoms with Crippen LogP contribution in [0.2, 0.25) is 0 Å².